The molecule has 0 radical (unpaired) electrons. The second-order valence-electron chi connectivity index (χ2n) is 4.67. The third-order valence-corrected chi connectivity index (χ3v) is 4.72. The Labute approximate surface area is 123 Å². The van der Waals surface area contributed by atoms with Crippen LogP contribution in [0.2, 0.25) is 0 Å². The first-order valence-corrected chi connectivity index (χ1v) is 7.57. The molecule has 0 spiro atoms. The van der Waals surface area contributed by atoms with Gasteiger partial charge in [0.1, 0.15) is 0 Å². The molecule has 108 valence electrons. The molecule has 0 bridgehead atoms. The molecular weight excluding hydrogens is 273 g/mol. The maximum Gasteiger partial charge on any atom is 0.165 e. The van der Waals surface area contributed by atoms with Crippen LogP contribution in [0.5, 0.6) is 5.75 Å². The van der Waals surface area contributed by atoms with Crippen molar-refractivity contribution < 1.29 is 9.13 Å². The Bertz CT molecular complexity index is 567. The second-order valence-corrected chi connectivity index (χ2v) is 5.87. The molecule has 1 aromatic carbocycles. The van der Waals surface area contributed by atoms with Gasteiger partial charge in [0, 0.05) is 15.8 Å². The fraction of sp³-hybridized carbons (Fsp3) is 0.375. The van der Waals surface area contributed by atoms with Crippen molar-refractivity contribution in [2.24, 2.45) is 0 Å². The van der Waals surface area contributed by atoms with E-state index in [1.165, 1.54) is 16.9 Å². The molecule has 0 aliphatic carbocycles. The van der Waals surface area contributed by atoms with Gasteiger partial charge in [-0.1, -0.05) is 13.0 Å². The maximum absolute atomic E-state index is 13.7. The third kappa shape index (κ3) is 3.38. The first kappa shape index (κ1) is 15.0. The molecule has 0 saturated heterocycles. The average molecular weight is 293 g/mol. The molecule has 0 saturated carbocycles. The summed E-state index contributed by atoms with van der Waals surface area (Å²) in [4.78, 5) is 2.67. The van der Waals surface area contributed by atoms with Crippen molar-refractivity contribution in [2.75, 3.05) is 14.2 Å². The van der Waals surface area contributed by atoms with E-state index < -0.39 is 0 Å². The van der Waals surface area contributed by atoms with Crippen molar-refractivity contribution >= 4 is 11.3 Å². The summed E-state index contributed by atoms with van der Waals surface area (Å²) >= 11 is 1.82. The number of aryl methyl sites for hydroxylation is 1. The monoisotopic (exact) mass is 293 g/mol. The molecule has 0 fully saturated rings. The molecule has 20 heavy (non-hydrogen) atoms. The molecule has 0 amide bonds. The standard InChI is InChI=1S/C16H20FNOS/c1-4-12-6-8-16(20-12)14(18-2)10-11-5-7-15(19-3)13(17)9-11/h5-9,14,18H,4,10H2,1-3H3. The van der Waals surface area contributed by atoms with Crippen LogP contribution in [-0.2, 0) is 12.8 Å². The summed E-state index contributed by atoms with van der Waals surface area (Å²) in [5, 5.41) is 3.31. The van der Waals surface area contributed by atoms with Crippen molar-refractivity contribution in [1.29, 1.82) is 0 Å². The van der Waals surface area contributed by atoms with E-state index >= 15 is 0 Å². The third-order valence-electron chi connectivity index (χ3n) is 3.38. The van der Waals surface area contributed by atoms with Crippen LogP contribution in [-0.4, -0.2) is 14.2 Å². The normalized spacial score (nSPS) is 12.4. The Morgan fingerprint density at radius 2 is 2.10 bits per heavy atom. The summed E-state index contributed by atoms with van der Waals surface area (Å²) in [6.07, 6.45) is 1.82. The lowest BCUT2D eigenvalue weighted by Crippen LogP contribution is -2.17. The zero-order chi connectivity index (χ0) is 14.5. The predicted octanol–water partition coefficient (Wildman–Crippen LogP) is 3.96. The van der Waals surface area contributed by atoms with Gasteiger partial charge in [-0.2, -0.15) is 0 Å². The lowest BCUT2D eigenvalue weighted by atomic mass is 10.0. The Kier molecular flexibility index (Phi) is 5.15. The van der Waals surface area contributed by atoms with Gasteiger partial charge < -0.3 is 10.1 Å². The highest BCUT2D eigenvalue weighted by molar-refractivity contribution is 7.12. The van der Waals surface area contributed by atoms with E-state index in [0.717, 1.165) is 18.4 Å². The highest BCUT2D eigenvalue weighted by Crippen LogP contribution is 2.27. The molecule has 0 aliphatic rings. The maximum atomic E-state index is 13.7. The molecule has 1 N–H and O–H groups in total. The minimum Gasteiger partial charge on any atom is -0.494 e. The Morgan fingerprint density at radius 3 is 2.65 bits per heavy atom. The number of nitrogens with one attached hydrogen (secondary N) is 1. The van der Waals surface area contributed by atoms with Crippen molar-refractivity contribution in [1.82, 2.24) is 5.32 Å². The van der Waals surface area contributed by atoms with Gasteiger partial charge in [0.15, 0.2) is 11.6 Å². The van der Waals surface area contributed by atoms with E-state index in [4.69, 9.17) is 4.74 Å². The van der Waals surface area contributed by atoms with Crippen LogP contribution in [0.1, 0.15) is 28.3 Å². The van der Waals surface area contributed by atoms with Gasteiger partial charge in [-0.05, 0) is 49.7 Å². The largest absolute Gasteiger partial charge is 0.494 e. The van der Waals surface area contributed by atoms with Crippen LogP contribution in [0.3, 0.4) is 0 Å². The van der Waals surface area contributed by atoms with E-state index in [9.17, 15) is 4.39 Å². The predicted molar refractivity (Wildman–Crippen MR) is 82.2 cm³/mol. The quantitative estimate of drug-likeness (QED) is 0.870. The number of thiophene rings is 1. The lowest BCUT2D eigenvalue weighted by molar-refractivity contribution is 0.386. The number of ether oxygens (including phenoxy) is 1. The van der Waals surface area contributed by atoms with Crippen LogP contribution >= 0.6 is 11.3 Å². The van der Waals surface area contributed by atoms with Crippen LogP contribution in [0, 0.1) is 5.82 Å². The van der Waals surface area contributed by atoms with Crippen molar-refractivity contribution in [3.63, 3.8) is 0 Å². The Balaban J connectivity index is 2.15. The molecule has 2 aromatic rings. The van der Waals surface area contributed by atoms with Gasteiger partial charge >= 0.3 is 0 Å². The van der Waals surface area contributed by atoms with E-state index in [2.05, 4.69) is 24.4 Å². The van der Waals surface area contributed by atoms with Gasteiger partial charge in [0.25, 0.3) is 0 Å². The van der Waals surface area contributed by atoms with E-state index in [0.29, 0.717) is 5.75 Å². The molecule has 2 nitrogen and oxygen atoms in total. The number of halogens is 1. The zero-order valence-electron chi connectivity index (χ0n) is 12.1. The fourth-order valence-corrected chi connectivity index (χ4v) is 3.25. The average Bonchev–Trinajstić information content (AvgIpc) is 2.93. The van der Waals surface area contributed by atoms with Crippen LogP contribution in [0.4, 0.5) is 4.39 Å². The van der Waals surface area contributed by atoms with Gasteiger partial charge in [-0.25, -0.2) is 4.39 Å². The summed E-state index contributed by atoms with van der Waals surface area (Å²) in [5.41, 5.74) is 0.967. The Hall–Kier alpha value is -1.39. The lowest BCUT2D eigenvalue weighted by Gasteiger charge is -2.15. The highest BCUT2D eigenvalue weighted by atomic mass is 32.1. The number of methoxy groups -OCH3 is 1. The zero-order valence-corrected chi connectivity index (χ0v) is 12.9. The topological polar surface area (TPSA) is 21.3 Å². The smallest absolute Gasteiger partial charge is 0.165 e. The van der Waals surface area contributed by atoms with Crippen molar-refractivity contribution in [3.05, 3.63) is 51.5 Å². The minimum atomic E-state index is -0.305. The van der Waals surface area contributed by atoms with E-state index in [-0.39, 0.29) is 11.9 Å². The fourth-order valence-electron chi connectivity index (χ4n) is 2.19. The number of hydrogen-bond donors (Lipinski definition) is 1. The van der Waals surface area contributed by atoms with Crippen LogP contribution in [0.25, 0.3) is 0 Å². The van der Waals surface area contributed by atoms with Gasteiger partial charge in [0.05, 0.1) is 7.11 Å². The summed E-state index contributed by atoms with van der Waals surface area (Å²) < 4.78 is 18.7. The SMILES string of the molecule is CCc1ccc(C(Cc2ccc(OC)c(F)c2)NC)s1. The van der Waals surface area contributed by atoms with Crippen LogP contribution in [0.15, 0.2) is 30.3 Å². The molecule has 1 unspecified atom stereocenters. The molecule has 4 heteroatoms. The van der Waals surface area contributed by atoms with E-state index in [1.807, 2.05) is 24.5 Å². The highest BCUT2D eigenvalue weighted by Gasteiger charge is 2.14. The summed E-state index contributed by atoms with van der Waals surface area (Å²) in [7, 11) is 3.42. The second kappa shape index (κ2) is 6.86. The molecule has 1 atom stereocenters. The Morgan fingerprint density at radius 1 is 1.30 bits per heavy atom. The minimum absolute atomic E-state index is 0.216. The number of likely N-dealkylation sites (N-methyl/N-ethyl adjacent to an activating group) is 1. The first-order valence-electron chi connectivity index (χ1n) is 6.76. The summed E-state index contributed by atoms with van der Waals surface area (Å²) in [6.45, 7) is 2.16. The van der Waals surface area contributed by atoms with Gasteiger partial charge in [-0.15, -0.1) is 11.3 Å². The molecule has 2 rings (SSSR count). The molecular formula is C16H20FNOS. The number of hydrogen-bond acceptors (Lipinski definition) is 3. The van der Waals surface area contributed by atoms with E-state index in [1.54, 1.807) is 12.1 Å². The first-order chi connectivity index (χ1) is 9.67. The summed E-state index contributed by atoms with van der Waals surface area (Å²) in [6, 6.07) is 9.69. The van der Waals surface area contributed by atoms with Gasteiger partial charge in [-0.3, -0.25) is 0 Å². The molecule has 1 heterocycles. The van der Waals surface area contributed by atoms with Crippen molar-refractivity contribution in [2.45, 2.75) is 25.8 Å². The molecule has 1 aromatic heterocycles. The number of rotatable bonds is 6. The summed E-state index contributed by atoms with van der Waals surface area (Å²) in [5.74, 6) is -0.0144. The van der Waals surface area contributed by atoms with Gasteiger partial charge in [0.2, 0.25) is 0 Å². The molecule has 0 aliphatic heterocycles. The number of benzene rings is 1. The van der Waals surface area contributed by atoms with Crippen LogP contribution < -0.4 is 10.1 Å². The van der Waals surface area contributed by atoms with Crippen molar-refractivity contribution in [3.8, 4) is 5.75 Å².